The van der Waals surface area contributed by atoms with Crippen LogP contribution in [0.3, 0.4) is 0 Å². The van der Waals surface area contributed by atoms with E-state index < -0.39 is 29.1 Å². The molecule has 39 heavy (non-hydrogen) atoms. The largest absolute Gasteiger partial charge is 0.494 e. The molecule has 0 fully saturated rings. The zero-order valence-electron chi connectivity index (χ0n) is 22.7. The summed E-state index contributed by atoms with van der Waals surface area (Å²) in [4.78, 5) is 33.9. The van der Waals surface area contributed by atoms with E-state index in [4.69, 9.17) is 29.8 Å². The Bertz CT molecular complexity index is 1230. The number of hydrogen-bond acceptors (Lipinski definition) is 8. The normalized spacial score (nSPS) is 18.4. The summed E-state index contributed by atoms with van der Waals surface area (Å²) >= 11 is 0. The van der Waals surface area contributed by atoms with Crippen molar-refractivity contribution < 1.29 is 28.9 Å². The molecule has 2 atom stereocenters. The number of nitrogens with one attached hydrogen (secondary N) is 1. The first-order valence-electron chi connectivity index (χ1n) is 12.8. The van der Waals surface area contributed by atoms with Gasteiger partial charge in [0.25, 0.3) is 5.91 Å². The number of likely N-dealkylation sites (N-methyl/N-ethyl adjacent to an activating group) is 1. The van der Waals surface area contributed by atoms with Crippen molar-refractivity contribution >= 4 is 17.8 Å². The minimum atomic E-state index is -1.50. The van der Waals surface area contributed by atoms with Crippen LogP contribution in [0.4, 0.5) is 0 Å². The number of azide groups is 1. The molecule has 0 aromatic heterocycles. The first-order valence-corrected chi connectivity index (χ1v) is 12.8. The highest BCUT2D eigenvalue weighted by atomic mass is 16.6. The van der Waals surface area contributed by atoms with Gasteiger partial charge >= 0.3 is 5.97 Å². The molecule has 11 nitrogen and oxygen atoms in total. The average molecular weight is 538 g/mol. The maximum Gasteiger partial charge on any atom is 0.306 e. The average Bonchev–Trinajstić information content (AvgIpc) is 3.30. The molecular weight excluding hydrogens is 502 g/mol. The zero-order valence-corrected chi connectivity index (χ0v) is 22.7. The lowest BCUT2D eigenvalue weighted by molar-refractivity contribution is -0.155. The number of hydrogen-bond donors (Lipinski definition) is 2. The highest BCUT2D eigenvalue weighted by Crippen LogP contribution is 2.44. The summed E-state index contributed by atoms with van der Waals surface area (Å²) in [5, 5.41) is 15.4. The number of esters is 1. The van der Waals surface area contributed by atoms with Gasteiger partial charge < -0.3 is 24.6 Å². The predicted molar refractivity (Wildman–Crippen MR) is 145 cm³/mol. The van der Waals surface area contributed by atoms with Crippen molar-refractivity contribution in [1.82, 2.24) is 5.32 Å². The van der Waals surface area contributed by atoms with Crippen LogP contribution < -0.4 is 10.1 Å². The molecule has 2 N–H and O–H groups in total. The number of carbonyl (C=O) groups excluding carboxylic acids is 2. The number of aliphatic hydroxyl groups is 1. The lowest BCUT2D eigenvalue weighted by Crippen LogP contribution is -2.47. The topological polar surface area (TPSA) is 155 Å². The van der Waals surface area contributed by atoms with E-state index in [1.807, 2.05) is 0 Å². The van der Waals surface area contributed by atoms with Crippen LogP contribution in [0.1, 0.15) is 62.8 Å². The van der Waals surface area contributed by atoms with Gasteiger partial charge in [0, 0.05) is 37.0 Å². The van der Waals surface area contributed by atoms with Crippen molar-refractivity contribution in [3.8, 4) is 5.75 Å². The lowest BCUT2D eigenvalue weighted by Gasteiger charge is -2.31. The Morgan fingerprint density at radius 2 is 1.92 bits per heavy atom. The van der Waals surface area contributed by atoms with Crippen molar-refractivity contribution in [3.63, 3.8) is 0 Å². The number of aliphatic hydroxyl groups excluding tert-OH is 1. The Balaban J connectivity index is 2.04. The summed E-state index contributed by atoms with van der Waals surface area (Å²) in [7, 11) is 1.51. The van der Waals surface area contributed by atoms with Crippen molar-refractivity contribution in [2.75, 3.05) is 20.3 Å². The van der Waals surface area contributed by atoms with E-state index in [1.165, 1.54) is 7.05 Å². The SMILES string of the molecule is CNC(=O)[C@]1(CCC(=O)OC(C)(C)C)N=C(c2ccc(OCCCO)cc2)O[C@@H]1c1ccccc1CN=[N+]=[N-]. The fourth-order valence-electron chi connectivity index (χ4n) is 4.29. The molecule has 0 aliphatic carbocycles. The molecule has 1 aliphatic heterocycles. The molecule has 1 amide bonds. The van der Waals surface area contributed by atoms with Crippen LogP contribution in [0, 0.1) is 0 Å². The number of amides is 1. The summed E-state index contributed by atoms with van der Waals surface area (Å²) in [6.45, 7) is 5.80. The second kappa shape index (κ2) is 13.1. The molecule has 0 unspecified atom stereocenters. The van der Waals surface area contributed by atoms with E-state index in [9.17, 15) is 9.59 Å². The maximum absolute atomic E-state index is 13.5. The number of benzene rings is 2. The molecule has 1 heterocycles. The summed E-state index contributed by atoms with van der Waals surface area (Å²) in [5.74, 6) is -0.0358. The highest BCUT2D eigenvalue weighted by molar-refractivity contribution is 6.01. The van der Waals surface area contributed by atoms with Gasteiger partial charge in [-0.3, -0.25) is 9.59 Å². The third-order valence-electron chi connectivity index (χ3n) is 6.03. The third kappa shape index (κ3) is 7.49. The van der Waals surface area contributed by atoms with Gasteiger partial charge in [0.1, 0.15) is 11.4 Å². The Hall–Kier alpha value is -4.08. The number of carbonyl (C=O) groups is 2. The summed E-state index contributed by atoms with van der Waals surface area (Å²) in [5.41, 5.74) is 8.64. The number of rotatable bonds is 12. The summed E-state index contributed by atoms with van der Waals surface area (Å²) < 4.78 is 17.5. The van der Waals surface area contributed by atoms with Gasteiger partial charge in [-0.15, -0.1) is 0 Å². The second-order valence-electron chi connectivity index (χ2n) is 10.0. The molecule has 0 saturated carbocycles. The van der Waals surface area contributed by atoms with Crippen molar-refractivity contribution in [1.29, 1.82) is 0 Å². The van der Waals surface area contributed by atoms with Gasteiger partial charge in [0.15, 0.2) is 11.6 Å². The Morgan fingerprint density at radius 3 is 2.56 bits per heavy atom. The van der Waals surface area contributed by atoms with E-state index in [0.717, 1.165) is 0 Å². The fraction of sp³-hybridized carbons (Fsp3) is 0.464. The molecule has 0 saturated heterocycles. The van der Waals surface area contributed by atoms with Crippen LogP contribution in [-0.2, 0) is 25.6 Å². The van der Waals surface area contributed by atoms with Gasteiger partial charge in [-0.1, -0.05) is 29.4 Å². The van der Waals surface area contributed by atoms with E-state index in [2.05, 4.69) is 15.3 Å². The third-order valence-corrected chi connectivity index (χ3v) is 6.03. The van der Waals surface area contributed by atoms with Crippen LogP contribution in [0.5, 0.6) is 5.75 Å². The van der Waals surface area contributed by atoms with Crippen LogP contribution in [0.2, 0.25) is 0 Å². The molecule has 2 aromatic rings. The molecular formula is C28H35N5O6. The first-order chi connectivity index (χ1) is 18.6. The van der Waals surface area contributed by atoms with Gasteiger partial charge in [0.2, 0.25) is 5.90 Å². The van der Waals surface area contributed by atoms with Crippen molar-refractivity contribution in [2.45, 2.75) is 63.8 Å². The smallest absolute Gasteiger partial charge is 0.306 e. The molecule has 208 valence electrons. The quantitative estimate of drug-likeness (QED) is 0.135. The van der Waals surface area contributed by atoms with Crippen LogP contribution in [0.25, 0.3) is 10.4 Å². The number of ether oxygens (including phenoxy) is 3. The van der Waals surface area contributed by atoms with Crippen LogP contribution in [-0.4, -0.2) is 54.3 Å². The van der Waals surface area contributed by atoms with Gasteiger partial charge in [-0.2, -0.15) is 0 Å². The monoisotopic (exact) mass is 537 g/mol. The van der Waals surface area contributed by atoms with E-state index >= 15 is 0 Å². The fourth-order valence-corrected chi connectivity index (χ4v) is 4.29. The standard InChI is InChI=1S/C28H35N5O6/c1-27(2,3)39-23(35)14-15-28(26(36)30-4)24(22-9-6-5-8-20(22)18-31-33-29)38-25(32-28)19-10-12-21(13-11-19)37-17-7-16-34/h5-6,8-13,24,34H,7,14-18H2,1-4H3,(H,30,36)/t24-,28-/m1/s1. The van der Waals surface area contributed by atoms with E-state index in [-0.39, 0.29) is 31.9 Å². The van der Waals surface area contributed by atoms with Gasteiger partial charge in [-0.25, -0.2) is 4.99 Å². The maximum atomic E-state index is 13.5. The van der Waals surface area contributed by atoms with Crippen LogP contribution in [0.15, 0.2) is 58.6 Å². The van der Waals surface area contributed by atoms with E-state index in [1.54, 1.807) is 69.3 Å². The van der Waals surface area contributed by atoms with E-state index in [0.29, 0.717) is 35.5 Å². The Morgan fingerprint density at radius 1 is 1.21 bits per heavy atom. The van der Waals surface area contributed by atoms with Crippen molar-refractivity contribution in [3.05, 3.63) is 75.7 Å². The van der Waals surface area contributed by atoms with Crippen molar-refractivity contribution in [2.24, 2.45) is 10.1 Å². The number of nitrogens with zero attached hydrogens (tertiary/aromatic N) is 4. The highest BCUT2D eigenvalue weighted by Gasteiger charge is 2.53. The summed E-state index contributed by atoms with van der Waals surface area (Å²) in [6, 6.07) is 14.2. The number of aliphatic imine (C=N–C) groups is 1. The molecule has 2 aromatic carbocycles. The van der Waals surface area contributed by atoms with Gasteiger partial charge in [-0.05, 0) is 68.1 Å². The van der Waals surface area contributed by atoms with Crippen LogP contribution >= 0.6 is 0 Å². The molecule has 0 bridgehead atoms. The zero-order chi connectivity index (χ0) is 28.5. The minimum absolute atomic E-state index is 0.0218. The molecule has 0 radical (unpaired) electrons. The molecule has 1 aliphatic rings. The Labute approximate surface area is 227 Å². The molecule has 11 heteroatoms. The minimum Gasteiger partial charge on any atom is -0.494 e. The first kappa shape index (κ1) is 29.5. The molecule has 3 rings (SSSR count). The van der Waals surface area contributed by atoms with Gasteiger partial charge in [0.05, 0.1) is 13.2 Å². The summed E-state index contributed by atoms with van der Waals surface area (Å²) in [6.07, 6.45) is -0.438. The molecule has 0 spiro atoms. The predicted octanol–water partition coefficient (Wildman–Crippen LogP) is 4.38. The Kier molecular flexibility index (Phi) is 9.92. The second-order valence-corrected chi connectivity index (χ2v) is 10.0. The lowest BCUT2D eigenvalue weighted by atomic mass is 9.82.